The van der Waals surface area contributed by atoms with Crippen molar-refractivity contribution >= 4 is 22.4 Å². The van der Waals surface area contributed by atoms with Crippen molar-refractivity contribution in [2.75, 3.05) is 14.2 Å². The normalized spacial score (nSPS) is 13.4. The lowest BCUT2D eigenvalue weighted by Crippen LogP contribution is -2.15. The maximum absolute atomic E-state index is 13.7. The number of aromatic nitrogens is 1. The predicted molar refractivity (Wildman–Crippen MR) is 122 cm³/mol. The monoisotopic (exact) mass is 446 g/mol. The zero-order chi connectivity index (χ0) is 20.4. The summed E-state index contributed by atoms with van der Waals surface area (Å²) in [5.41, 5.74) is 5.16. The van der Waals surface area contributed by atoms with Gasteiger partial charge in [-0.05, 0) is 61.6 Å². The Morgan fingerprint density at radius 2 is 1.83 bits per heavy atom. The molecule has 0 saturated carbocycles. The molecule has 1 aliphatic carbocycles. The first kappa shape index (κ1) is 22.4. The highest BCUT2D eigenvalue weighted by molar-refractivity contribution is 7.90. The van der Waals surface area contributed by atoms with Gasteiger partial charge in [0.1, 0.15) is 5.75 Å². The molecular weight excluding hydrogens is 420 g/mol. The van der Waals surface area contributed by atoms with E-state index < -0.39 is 10.0 Å². The molecule has 2 aromatic carbocycles. The van der Waals surface area contributed by atoms with Gasteiger partial charge in [-0.15, -0.1) is 12.4 Å². The summed E-state index contributed by atoms with van der Waals surface area (Å²) in [5.74, 6) is 0.525. The highest BCUT2D eigenvalue weighted by Gasteiger charge is 2.28. The van der Waals surface area contributed by atoms with Crippen molar-refractivity contribution in [2.24, 2.45) is 0 Å². The van der Waals surface area contributed by atoms with Crippen LogP contribution < -0.4 is 10.1 Å². The Hall–Kier alpha value is -2.28. The topological polar surface area (TPSA) is 60.3 Å². The summed E-state index contributed by atoms with van der Waals surface area (Å²) in [4.78, 5) is 0.227. The Morgan fingerprint density at radius 1 is 1.07 bits per heavy atom. The highest BCUT2D eigenvalue weighted by atomic mass is 35.5. The third kappa shape index (κ3) is 4.00. The fraction of sp³-hybridized carbons (Fsp3) is 0.304. The first-order valence-electron chi connectivity index (χ1n) is 9.92. The minimum atomic E-state index is -3.77. The van der Waals surface area contributed by atoms with Crippen molar-refractivity contribution in [3.8, 4) is 17.0 Å². The number of halogens is 1. The van der Waals surface area contributed by atoms with E-state index in [4.69, 9.17) is 4.74 Å². The third-order valence-corrected chi connectivity index (χ3v) is 7.18. The van der Waals surface area contributed by atoms with Gasteiger partial charge >= 0.3 is 0 Å². The zero-order valence-electron chi connectivity index (χ0n) is 17.2. The number of hydrogen-bond acceptors (Lipinski definition) is 4. The molecule has 0 amide bonds. The molecule has 0 atom stereocenters. The molecule has 30 heavy (non-hydrogen) atoms. The molecule has 1 aromatic heterocycles. The van der Waals surface area contributed by atoms with Crippen LogP contribution in [0.2, 0.25) is 0 Å². The molecule has 0 saturated heterocycles. The number of hydrogen-bond donors (Lipinski definition) is 1. The molecule has 7 heteroatoms. The lowest BCUT2D eigenvalue weighted by molar-refractivity contribution is 0.413. The number of fused-ring (bicyclic) bond motifs is 3. The quantitative estimate of drug-likeness (QED) is 0.630. The van der Waals surface area contributed by atoms with Gasteiger partial charge < -0.3 is 10.1 Å². The van der Waals surface area contributed by atoms with Crippen molar-refractivity contribution in [1.29, 1.82) is 0 Å². The van der Waals surface area contributed by atoms with Crippen LogP contribution in [0.3, 0.4) is 0 Å². The smallest absolute Gasteiger partial charge is 0.268 e. The number of ether oxygens (including phenoxy) is 1. The number of rotatable bonds is 5. The SMILES string of the molecule is CNCc1cn(S(=O)(=O)c2cccc(OC)c2)c2c1CCCCc1ccccc1-2.Cl. The van der Waals surface area contributed by atoms with E-state index in [0.29, 0.717) is 12.3 Å². The Labute approximate surface area is 184 Å². The molecule has 0 fully saturated rings. The maximum Gasteiger partial charge on any atom is 0.268 e. The van der Waals surface area contributed by atoms with Gasteiger partial charge in [0, 0.05) is 24.4 Å². The Balaban J connectivity index is 0.00000256. The van der Waals surface area contributed by atoms with E-state index in [2.05, 4.69) is 11.4 Å². The largest absolute Gasteiger partial charge is 0.497 e. The first-order chi connectivity index (χ1) is 14.1. The lowest BCUT2D eigenvalue weighted by Gasteiger charge is -2.18. The van der Waals surface area contributed by atoms with Crippen LogP contribution in [0.1, 0.15) is 29.5 Å². The van der Waals surface area contributed by atoms with Crippen LogP contribution in [0.25, 0.3) is 11.3 Å². The van der Waals surface area contributed by atoms with Gasteiger partial charge in [-0.25, -0.2) is 12.4 Å². The van der Waals surface area contributed by atoms with E-state index in [1.165, 1.54) is 16.6 Å². The van der Waals surface area contributed by atoms with Crippen molar-refractivity contribution in [1.82, 2.24) is 9.29 Å². The van der Waals surface area contributed by atoms with Crippen molar-refractivity contribution in [3.63, 3.8) is 0 Å². The van der Waals surface area contributed by atoms with Gasteiger partial charge in [0.05, 0.1) is 17.7 Å². The van der Waals surface area contributed by atoms with Gasteiger partial charge in [-0.2, -0.15) is 0 Å². The Morgan fingerprint density at radius 3 is 2.60 bits per heavy atom. The number of nitrogens with one attached hydrogen (secondary N) is 1. The van der Waals surface area contributed by atoms with Crippen molar-refractivity contribution in [2.45, 2.75) is 37.1 Å². The van der Waals surface area contributed by atoms with Crippen molar-refractivity contribution < 1.29 is 13.2 Å². The Kier molecular flexibility index (Phi) is 6.91. The summed E-state index contributed by atoms with van der Waals surface area (Å²) in [6.07, 6.45) is 5.77. The second kappa shape index (κ2) is 9.25. The molecule has 1 N–H and O–H groups in total. The van der Waals surface area contributed by atoms with E-state index in [0.717, 1.165) is 48.1 Å². The standard InChI is InChI=1S/C23H26N2O3S.ClH/c1-24-15-18-16-25(29(26,27)20-11-7-10-19(14-20)28-2)23-21-12-5-3-8-17(21)9-4-6-13-22(18)23;/h3,5,7-8,10-12,14,16,24H,4,6,9,13,15H2,1-2H3;1H. The summed E-state index contributed by atoms with van der Waals surface area (Å²) in [5, 5.41) is 3.19. The third-order valence-electron chi connectivity index (χ3n) is 5.53. The second-order valence-corrected chi connectivity index (χ2v) is 9.17. The van der Waals surface area contributed by atoms with Gasteiger partial charge in [-0.3, -0.25) is 0 Å². The molecule has 3 aromatic rings. The fourth-order valence-corrected chi connectivity index (χ4v) is 5.58. The summed E-state index contributed by atoms with van der Waals surface area (Å²) in [6.45, 7) is 0.630. The van der Waals surface area contributed by atoms with Crippen LogP contribution in [0.15, 0.2) is 59.6 Å². The molecule has 0 spiro atoms. The molecule has 0 aliphatic heterocycles. The molecule has 0 radical (unpaired) electrons. The van der Waals surface area contributed by atoms with Crippen LogP contribution in [0.5, 0.6) is 5.75 Å². The first-order valence-corrected chi connectivity index (χ1v) is 11.4. The summed E-state index contributed by atoms with van der Waals surface area (Å²) in [7, 11) is -0.346. The minimum absolute atomic E-state index is 0. The van der Waals surface area contributed by atoms with Crippen LogP contribution in [-0.2, 0) is 29.4 Å². The summed E-state index contributed by atoms with van der Waals surface area (Å²) >= 11 is 0. The summed E-state index contributed by atoms with van der Waals surface area (Å²) < 4.78 is 34.1. The average Bonchev–Trinajstić information content (AvgIpc) is 3.08. The predicted octanol–water partition coefficient (Wildman–Crippen LogP) is 4.42. The van der Waals surface area contributed by atoms with E-state index in [-0.39, 0.29) is 17.3 Å². The average molecular weight is 447 g/mol. The number of benzene rings is 2. The highest BCUT2D eigenvalue weighted by Crippen LogP contribution is 2.37. The molecule has 5 nitrogen and oxygen atoms in total. The second-order valence-electron chi connectivity index (χ2n) is 7.36. The molecule has 0 bridgehead atoms. The number of nitrogens with zero attached hydrogens (tertiary/aromatic N) is 1. The van der Waals surface area contributed by atoms with Crippen molar-refractivity contribution in [3.05, 3.63) is 71.4 Å². The molecule has 1 aliphatic rings. The molecule has 160 valence electrons. The number of aryl methyl sites for hydroxylation is 1. The molecular formula is C23H27ClN2O3S. The summed E-state index contributed by atoms with van der Waals surface area (Å²) in [6, 6.07) is 14.8. The van der Waals surface area contributed by atoms with Gasteiger partial charge in [0.2, 0.25) is 0 Å². The maximum atomic E-state index is 13.7. The van der Waals surface area contributed by atoms with Crippen LogP contribution in [0, 0.1) is 0 Å². The molecule has 1 heterocycles. The lowest BCUT2D eigenvalue weighted by atomic mass is 9.91. The van der Waals surface area contributed by atoms with Gasteiger partial charge in [0.25, 0.3) is 10.0 Å². The van der Waals surface area contributed by atoms with Gasteiger partial charge in [-0.1, -0.05) is 30.3 Å². The Bertz CT molecular complexity index is 1140. The zero-order valence-corrected chi connectivity index (χ0v) is 18.9. The van der Waals surface area contributed by atoms with E-state index in [1.54, 1.807) is 30.5 Å². The number of methoxy groups -OCH3 is 1. The minimum Gasteiger partial charge on any atom is -0.497 e. The van der Waals surface area contributed by atoms with Crippen LogP contribution in [0.4, 0.5) is 0 Å². The van der Waals surface area contributed by atoms with Gasteiger partial charge in [0.15, 0.2) is 0 Å². The van der Waals surface area contributed by atoms with E-state index in [9.17, 15) is 8.42 Å². The molecule has 4 rings (SSSR count). The molecule has 0 unspecified atom stereocenters. The van der Waals surface area contributed by atoms with E-state index >= 15 is 0 Å². The van der Waals surface area contributed by atoms with E-state index in [1.807, 2.05) is 25.2 Å². The fourth-order valence-electron chi connectivity index (χ4n) is 4.12. The van der Waals surface area contributed by atoms with Crippen LogP contribution >= 0.6 is 12.4 Å². The van der Waals surface area contributed by atoms with Crippen LogP contribution in [-0.4, -0.2) is 26.5 Å².